The predicted molar refractivity (Wildman–Crippen MR) is 186 cm³/mol. The van der Waals surface area contributed by atoms with Crippen molar-refractivity contribution in [3.63, 3.8) is 0 Å². The number of esters is 4. The van der Waals surface area contributed by atoms with Crippen LogP contribution in [0.5, 0.6) is 23.0 Å². The van der Waals surface area contributed by atoms with Gasteiger partial charge in [0.2, 0.25) is 0 Å². The first kappa shape index (κ1) is 40.0. The van der Waals surface area contributed by atoms with Crippen LogP contribution in [0.15, 0.2) is 92.0 Å². The molecular formula is C39H46O10. The summed E-state index contributed by atoms with van der Waals surface area (Å²) in [6.45, 7) is 15.2. The van der Waals surface area contributed by atoms with Crippen molar-refractivity contribution in [3.05, 3.63) is 109 Å². The molecule has 3 rings (SSSR count). The van der Waals surface area contributed by atoms with E-state index in [9.17, 15) is 19.2 Å². The highest BCUT2D eigenvalue weighted by Crippen LogP contribution is 2.28. The summed E-state index contributed by atoms with van der Waals surface area (Å²) in [6, 6.07) is 17.5. The number of aryl methyl sites for hydroxylation is 1. The maximum absolute atomic E-state index is 12.9. The van der Waals surface area contributed by atoms with Gasteiger partial charge in [0.1, 0.15) is 23.0 Å². The van der Waals surface area contributed by atoms with Crippen molar-refractivity contribution in [2.24, 2.45) is 0 Å². The van der Waals surface area contributed by atoms with Gasteiger partial charge in [-0.05, 0) is 112 Å². The monoisotopic (exact) mass is 674 g/mol. The first-order valence-corrected chi connectivity index (χ1v) is 16.4. The summed E-state index contributed by atoms with van der Waals surface area (Å²) in [6.07, 6.45) is 7.02. The lowest BCUT2D eigenvalue weighted by molar-refractivity contribution is -0.138. The van der Waals surface area contributed by atoms with Gasteiger partial charge in [-0.3, -0.25) is 0 Å². The van der Waals surface area contributed by atoms with E-state index in [0.29, 0.717) is 55.3 Å². The molecular weight excluding hydrogens is 628 g/mol. The minimum absolute atomic E-state index is 0.271. The largest absolute Gasteiger partial charge is 0.494 e. The summed E-state index contributed by atoms with van der Waals surface area (Å²) in [4.78, 5) is 48.1. The third kappa shape index (κ3) is 15.5. The molecule has 3 aromatic carbocycles. The average molecular weight is 675 g/mol. The Morgan fingerprint density at radius 1 is 0.612 bits per heavy atom. The summed E-state index contributed by atoms with van der Waals surface area (Å²) in [5.41, 5.74) is 1.36. The fourth-order valence-corrected chi connectivity index (χ4v) is 4.14. The second kappa shape index (κ2) is 23.2. The molecule has 0 saturated carbocycles. The molecule has 0 heterocycles. The van der Waals surface area contributed by atoms with E-state index in [1.54, 1.807) is 42.5 Å². The van der Waals surface area contributed by atoms with Crippen LogP contribution in [0, 0.1) is 0 Å². The zero-order chi connectivity index (χ0) is 35.9. The van der Waals surface area contributed by atoms with E-state index in [1.807, 2.05) is 13.8 Å². The maximum atomic E-state index is 12.9. The summed E-state index contributed by atoms with van der Waals surface area (Å²) in [5.74, 6) is -0.594. The van der Waals surface area contributed by atoms with Crippen LogP contribution in [0.3, 0.4) is 0 Å². The second-order valence-electron chi connectivity index (χ2n) is 10.4. The highest BCUT2D eigenvalue weighted by Gasteiger charge is 2.16. The molecule has 0 saturated heterocycles. The van der Waals surface area contributed by atoms with E-state index in [-0.39, 0.29) is 11.3 Å². The lowest BCUT2D eigenvalue weighted by Crippen LogP contribution is -2.11. The molecule has 262 valence electrons. The molecule has 0 unspecified atom stereocenters. The van der Waals surface area contributed by atoms with Gasteiger partial charge in [-0.15, -0.1) is 0 Å². The highest BCUT2D eigenvalue weighted by atomic mass is 16.5. The van der Waals surface area contributed by atoms with Crippen molar-refractivity contribution in [3.8, 4) is 23.0 Å². The Morgan fingerprint density at radius 2 is 1.18 bits per heavy atom. The van der Waals surface area contributed by atoms with Gasteiger partial charge < -0.3 is 28.4 Å². The van der Waals surface area contributed by atoms with Crippen LogP contribution in [0.2, 0.25) is 0 Å². The van der Waals surface area contributed by atoms with Crippen molar-refractivity contribution in [2.75, 3.05) is 26.4 Å². The van der Waals surface area contributed by atoms with Crippen LogP contribution in [-0.4, -0.2) is 50.3 Å². The molecule has 0 aliphatic carbocycles. The summed E-state index contributed by atoms with van der Waals surface area (Å²) < 4.78 is 31.8. The van der Waals surface area contributed by atoms with Crippen LogP contribution >= 0.6 is 0 Å². The molecule has 0 spiro atoms. The molecule has 0 amide bonds. The van der Waals surface area contributed by atoms with Gasteiger partial charge in [-0.25, -0.2) is 19.2 Å². The van der Waals surface area contributed by atoms with Crippen molar-refractivity contribution < 1.29 is 47.6 Å². The van der Waals surface area contributed by atoms with Crippen LogP contribution in [0.25, 0.3) is 0 Å². The van der Waals surface area contributed by atoms with E-state index in [4.69, 9.17) is 28.4 Å². The Morgan fingerprint density at radius 3 is 1.76 bits per heavy atom. The van der Waals surface area contributed by atoms with E-state index < -0.39 is 23.9 Å². The predicted octanol–water partition coefficient (Wildman–Crippen LogP) is 7.88. The Bertz CT molecular complexity index is 1490. The number of unbranched alkanes of at least 4 members (excludes halogenated alkanes) is 3. The van der Waals surface area contributed by atoms with Gasteiger partial charge >= 0.3 is 23.9 Å². The van der Waals surface area contributed by atoms with Crippen molar-refractivity contribution in [1.29, 1.82) is 0 Å². The molecule has 0 aliphatic heterocycles. The second-order valence-corrected chi connectivity index (χ2v) is 10.4. The maximum Gasteiger partial charge on any atom is 0.343 e. The SMILES string of the molecule is C=CC(=O)OCCCCOc1ccc(C(=O)Oc2ccc(OC(=O)c3ccc(OC(=O)C=C)cc3)cc2CCCCC)cc1.CCOCC. The lowest BCUT2D eigenvalue weighted by atomic mass is 10.1. The minimum atomic E-state index is -0.600. The van der Waals surface area contributed by atoms with E-state index >= 15 is 0 Å². The minimum Gasteiger partial charge on any atom is -0.494 e. The third-order valence-corrected chi connectivity index (χ3v) is 6.69. The molecule has 0 aromatic heterocycles. The fourth-order valence-electron chi connectivity index (χ4n) is 4.14. The van der Waals surface area contributed by atoms with E-state index in [1.165, 1.54) is 24.3 Å². The molecule has 0 aliphatic rings. The van der Waals surface area contributed by atoms with Crippen LogP contribution in [0.1, 0.15) is 79.2 Å². The Hall–Kier alpha value is -5.22. The Labute approximate surface area is 288 Å². The van der Waals surface area contributed by atoms with Crippen molar-refractivity contribution >= 4 is 23.9 Å². The molecule has 49 heavy (non-hydrogen) atoms. The lowest BCUT2D eigenvalue weighted by Gasteiger charge is -2.13. The summed E-state index contributed by atoms with van der Waals surface area (Å²) >= 11 is 0. The first-order valence-electron chi connectivity index (χ1n) is 16.4. The molecule has 0 fully saturated rings. The Kier molecular flexibility index (Phi) is 18.9. The molecule has 10 nitrogen and oxygen atoms in total. The van der Waals surface area contributed by atoms with E-state index in [2.05, 4.69) is 20.1 Å². The topological polar surface area (TPSA) is 124 Å². The molecule has 3 aromatic rings. The third-order valence-electron chi connectivity index (χ3n) is 6.69. The number of rotatable bonds is 19. The number of carbonyl (C=O) groups is 4. The molecule has 0 atom stereocenters. The van der Waals surface area contributed by atoms with Gasteiger partial charge in [-0.2, -0.15) is 0 Å². The quantitative estimate of drug-likeness (QED) is 0.0537. The van der Waals surface area contributed by atoms with E-state index in [0.717, 1.165) is 50.2 Å². The van der Waals surface area contributed by atoms with Gasteiger partial charge in [0.15, 0.2) is 0 Å². The molecule has 0 radical (unpaired) electrons. The van der Waals surface area contributed by atoms with Crippen LogP contribution in [0.4, 0.5) is 0 Å². The summed E-state index contributed by atoms with van der Waals surface area (Å²) in [7, 11) is 0. The summed E-state index contributed by atoms with van der Waals surface area (Å²) in [5, 5.41) is 0. The average Bonchev–Trinajstić information content (AvgIpc) is 3.11. The first-order chi connectivity index (χ1) is 23.7. The standard InChI is InChI=1S/C35H36O9.C4H10O/c1-4-7-8-11-27-24-30(43-34(38)25-14-18-29(19-15-25)42-33(37)6-3)20-21-31(27)44-35(39)26-12-16-28(17-13-26)40-22-9-10-23-41-32(36)5-2;1-3-5-4-2/h5-6,12-21,24H,2-4,7-11,22-23H2,1H3;3-4H2,1-2H3. The van der Waals surface area contributed by atoms with Gasteiger partial charge in [0.05, 0.1) is 24.3 Å². The van der Waals surface area contributed by atoms with Gasteiger partial charge in [-0.1, -0.05) is 32.9 Å². The molecule has 0 bridgehead atoms. The Balaban J connectivity index is 0.00000155. The highest BCUT2D eigenvalue weighted by molar-refractivity contribution is 5.92. The van der Waals surface area contributed by atoms with Crippen LogP contribution < -0.4 is 18.9 Å². The number of hydrogen-bond acceptors (Lipinski definition) is 10. The van der Waals surface area contributed by atoms with Gasteiger partial charge in [0.25, 0.3) is 0 Å². The number of benzene rings is 3. The van der Waals surface area contributed by atoms with Crippen LogP contribution in [-0.2, 0) is 25.5 Å². The smallest absolute Gasteiger partial charge is 0.343 e. The zero-order valence-corrected chi connectivity index (χ0v) is 28.6. The van der Waals surface area contributed by atoms with Crippen molar-refractivity contribution in [2.45, 2.75) is 59.3 Å². The number of ether oxygens (including phenoxy) is 6. The zero-order valence-electron chi connectivity index (χ0n) is 28.6. The normalized spacial score (nSPS) is 10.1. The van der Waals surface area contributed by atoms with Gasteiger partial charge in [0, 0.05) is 25.4 Å². The fraction of sp³-hybridized carbons (Fsp3) is 0.333. The molecule has 10 heteroatoms. The number of carbonyl (C=O) groups excluding carboxylic acids is 4. The molecule has 0 N–H and O–H groups in total. The van der Waals surface area contributed by atoms with Crippen molar-refractivity contribution in [1.82, 2.24) is 0 Å². The number of hydrogen-bond donors (Lipinski definition) is 0.